The predicted molar refractivity (Wildman–Crippen MR) is 97.7 cm³/mol. The maximum Gasteiger partial charge on any atom is 0.268 e. The van der Waals surface area contributed by atoms with Crippen LogP contribution in [0.5, 0.6) is 11.5 Å². The summed E-state index contributed by atoms with van der Waals surface area (Å²) in [7, 11) is 0. The Morgan fingerprint density at radius 1 is 1.08 bits per heavy atom. The van der Waals surface area contributed by atoms with E-state index in [2.05, 4.69) is 17.2 Å². The molecule has 132 valence electrons. The van der Waals surface area contributed by atoms with Gasteiger partial charge < -0.3 is 20.1 Å². The first-order chi connectivity index (χ1) is 12.7. The molecule has 6 heteroatoms. The molecule has 26 heavy (non-hydrogen) atoms. The van der Waals surface area contributed by atoms with E-state index in [9.17, 15) is 9.59 Å². The van der Waals surface area contributed by atoms with Crippen LogP contribution in [-0.2, 0) is 4.79 Å². The summed E-state index contributed by atoms with van der Waals surface area (Å²) in [6.45, 7) is 4.03. The number of benzene rings is 2. The molecule has 0 spiro atoms. The van der Waals surface area contributed by atoms with Gasteiger partial charge in [-0.3, -0.25) is 9.59 Å². The number of carbonyl (C=O) groups excluding carboxylic acids is 2. The van der Waals surface area contributed by atoms with Gasteiger partial charge in [-0.05, 0) is 35.9 Å². The topological polar surface area (TPSA) is 76.7 Å². The number of rotatable bonds is 6. The van der Waals surface area contributed by atoms with Crippen LogP contribution in [0.1, 0.15) is 15.9 Å². The van der Waals surface area contributed by atoms with Crippen molar-refractivity contribution in [2.24, 2.45) is 0 Å². The minimum atomic E-state index is -0.410. The normalized spacial score (nSPS) is 12.4. The van der Waals surface area contributed by atoms with E-state index in [1.807, 2.05) is 6.07 Å². The van der Waals surface area contributed by atoms with Crippen molar-refractivity contribution in [3.8, 4) is 11.5 Å². The van der Waals surface area contributed by atoms with Crippen LogP contribution in [0, 0.1) is 0 Å². The van der Waals surface area contributed by atoms with Crippen molar-refractivity contribution in [3.63, 3.8) is 0 Å². The number of hydrogen-bond acceptors (Lipinski definition) is 4. The summed E-state index contributed by atoms with van der Waals surface area (Å²) in [5.41, 5.74) is 1.28. The molecule has 0 aliphatic carbocycles. The molecule has 0 unspecified atom stereocenters. The minimum Gasteiger partial charge on any atom is -0.454 e. The fraction of sp³-hybridized carbons (Fsp3) is 0.100. The van der Waals surface area contributed by atoms with Crippen molar-refractivity contribution in [1.82, 2.24) is 10.6 Å². The lowest BCUT2D eigenvalue weighted by Crippen LogP contribution is -2.34. The number of fused-ring (bicyclic) bond motifs is 1. The molecule has 0 saturated heterocycles. The van der Waals surface area contributed by atoms with Gasteiger partial charge in [0, 0.05) is 12.1 Å². The SMILES string of the molecule is C=CCNC(=O)C(=Cc1ccc2c(c1)OCO2)NC(=O)c1ccccc1. The summed E-state index contributed by atoms with van der Waals surface area (Å²) in [4.78, 5) is 24.8. The van der Waals surface area contributed by atoms with Crippen LogP contribution in [0.25, 0.3) is 6.08 Å². The highest BCUT2D eigenvalue weighted by molar-refractivity contribution is 6.05. The molecular weight excluding hydrogens is 332 g/mol. The maximum absolute atomic E-state index is 12.4. The molecule has 2 amide bonds. The second kappa shape index (κ2) is 8.02. The molecule has 1 aliphatic rings. The van der Waals surface area contributed by atoms with Gasteiger partial charge in [-0.15, -0.1) is 6.58 Å². The van der Waals surface area contributed by atoms with Gasteiger partial charge in [0.1, 0.15) is 5.70 Å². The highest BCUT2D eigenvalue weighted by Crippen LogP contribution is 2.33. The monoisotopic (exact) mass is 350 g/mol. The fourth-order valence-corrected chi connectivity index (χ4v) is 2.37. The third-order valence-corrected chi connectivity index (χ3v) is 3.64. The number of ether oxygens (including phenoxy) is 2. The lowest BCUT2D eigenvalue weighted by atomic mass is 10.1. The second-order valence-electron chi connectivity index (χ2n) is 5.49. The molecule has 6 nitrogen and oxygen atoms in total. The zero-order valence-electron chi connectivity index (χ0n) is 14.0. The smallest absolute Gasteiger partial charge is 0.268 e. The van der Waals surface area contributed by atoms with E-state index >= 15 is 0 Å². The van der Waals surface area contributed by atoms with Crippen LogP contribution in [-0.4, -0.2) is 25.2 Å². The Bertz CT molecular complexity index is 859. The van der Waals surface area contributed by atoms with E-state index in [1.54, 1.807) is 54.6 Å². The quantitative estimate of drug-likeness (QED) is 0.620. The Labute approximate surface area is 151 Å². The van der Waals surface area contributed by atoms with Crippen molar-refractivity contribution < 1.29 is 19.1 Å². The van der Waals surface area contributed by atoms with Crippen molar-refractivity contribution in [2.75, 3.05) is 13.3 Å². The lowest BCUT2D eigenvalue weighted by Gasteiger charge is -2.10. The first kappa shape index (κ1) is 17.3. The van der Waals surface area contributed by atoms with Crippen LogP contribution in [0.3, 0.4) is 0 Å². The number of hydrogen-bond donors (Lipinski definition) is 2. The molecule has 0 fully saturated rings. The Kier molecular flexibility index (Phi) is 5.34. The summed E-state index contributed by atoms with van der Waals surface area (Å²) in [5.74, 6) is 0.463. The van der Waals surface area contributed by atoms with E-state index in [0.29, 0.717) is 29.2 Å². The van der Waals surface area contributed by atoms with E-state index in [1.165, 1.54) is 0 Å². The third kappa shape index (κ3) is 4.10. The van der Waals surface area contributed by atoms with Crippen LogP contribution in [0.2, 0.25) is 0 Å². The van der Waals surface area contributed by atoms with Crippen LogP contribution in [0.4, 0.5) is 0 Å². The van der Waals surface area contributed by atoms with Crippen LogP contribution >= 0.6 is 0 Å². The van der Waals surface area contributed by atoms with Crippen molar-refractivity contribution in [2.45, 2.75) is 0 Å². The summed E-state index contributed by atoms with van der Waals surface area (Å²) in [6.07, 6.45) is 3.15. The molecule has 2 aromatic rings. The average molecular weight is 350 g/mol. The predicted octanol–water partition coefficient (Wildman–Crippen LogP) is 2.49. The largest absolute Gasteiger partial charge is 0.454 e. The Hall–Kier alpha value is -3.54. The van der Waals surface area contributed by atoms with Gasteiger partial charge in [0.25, 0.3) is 11.8 Å². The molecule has 2 aromatic carbocycles. The minimum absolute atomic E-state index is 0.125. The highest BCUT2D eigenvalue weighted by Gasteiger charge is 2.16. The van der Waals surface area contributed by atoms with E-state index in [-0.39, 0.29) is 18.4 Å². The second-order valence-corrected chi connectivity index (χ2v) is 5.49. The molecule has 3 rings (SSSR count). The van der Waals surface area contributed by atoms with Gasteiger partial charge in [-0.1, -0.05) is 30.3 Å². The van der Waals surface area contributed by atoms with E-state index in [0.717, 1.165) is 0 Å². The molecule has 0 atom stereocenters. The Morgan fingerprint density at radius 2 is 1.85 bits per heavy atom. The van der Waals surface area contributed by atoms with Crippen molar-refractivity contribution in [3.05, 3.63) is 78.0 Å². The van der Waals surface area contributed by atoms with Gasteiger partial charge in [0.2, 0.25) is 6.79 Å². The maximum atomic E-state index is 12.4. The Morgan fingerprint density at radius 3 is 2.62 bits per heavy atom. The van der Waals surface area contributed by atoms with Gasteiger partial charge in [-0.2, -0.15) is 0 Å². The molecule has 0 saturated carbocycles. The summed E-state index contributed by atoms with van der Waals surface area (Å²) >= 11 is 0. The first-order valence-electron chi connectivity index (χ1n) is 8.04. The molecule has 2 N–H and O–H groups in total. The zero-order valence-corrected chi connectivity index (χ0v) is 14.0. The highest BCUT2D eigenvalue weighted by atomic mass is 16.7. The molecule has 0 bridgehead atoms. The standard InChI is InChI=1S/C20H18N2O4/c1-2-10-21-20(24)16(22-19(23)15-6-4-3-5-7-15)11-14-8-9-17-18(12-14)26-13-25-17/h2-9,11-12H,1,10,13H2,(H,21,24)(H,22,23). The molecule has 0 aromatic heterocycles. The molecule has 0 radical (unpaired) electrons. The molecule has 1 aliphatic heterocycles. The molecule has 1 heterocycles. The lowest BCUT2D eigenvalue weighted by molar-refractivity contribution is -0.117. The fourth-order valence-electron chi connectivity index (χ4n) is 2.37. The number of amides is 2. The van der Waals surface area contributed by atoms with Crippen molar-refractivity contribution >= 4 is 17.9 Å². The van der Waals surface area contributed by atoms with Crippen LogP contribution in [0.15, 0.2) is 66.9 Å². The summed E-state index contributed by atoms with van der Waals surface area (Å²) in [6, 6.07) is 14.0. The first-order valence-corrected chi connectivity index (χ1v) is 8.04. The van der Waals surface area contributed by atoms with Gasteiger partial charge in [0.05, 0.1) is 0 Å². The summed E-state index contributed by atoms with van der Waals surface area (Å²) in [5, 5.41) is 5.33. The van der Waals surface area contributed by atoms with Crippen molar-refractivity contribution in [1.29, 1.82) is 0 Å². The third-order valence-electron chi connectivity index (χ3n) is 3.64. The number of nitrogens with one attached hydrogen (secondary N) is 2. The van der Waals surface area contributed by atoms with Gasteiger partial charge in [-0.25, -0.2) is 0 Å². The molecular formula is C20H18N2O4. The number of carbonyl (C=O) groups is 2. The van der Waals surface area contributed by atoms with E-state index in [4.69, 9.17) is 9.47 Å². The van der Waals surface area contributed by atoms with Crippen LogP contribution < -0.4 is 20.1 Å². The zero-order chi connectivity index (χ0) is 18.4. The average Bonchev–Trinajstić information content (AvgIpc) is 3.14. The van der Waals surface area contributed by atoms with Gasteiger partial charge >= 0.3 is 0 Å². The van der Waals surface area contributed by atoms with Gasteiger partial charge in [0.15, 0.2) is 11.5 Å². The Balaban J connectivity index is 1.86. The van der Waals surface area contributed by atoms with E-state index < -0.39 is 5.91 Å². The summed E-state index contributed by atoms with van der Waals surface area (Å²) < 4.78 is 10.6.